The van der Waals surface area contributed by atoms with E-state index < -0.39 is 0 Å². The minimum atomic E-state index is 0.540. The molecule has 28 rings (SSSR count). The second-order valence-electron chi connectivity index (χ2n) is 36.4. The van der Waals surface area contributed by atoms with E-state index >= 15 is 0 Å². The van der Waals surface area contributed by atoms with E-state index in [1.54, 1.807) is 0 Å². The summed E-state index contributed by atoms with van der Waals surface area (Å²) in [7, 11) is 0. The molecule has 0 atom stereocenters. The first-order valence-corrected chi connectivity index (χ1v) is 49.3. The summed E-state index contributed by atoms with van der Waals surface area (Å²) >= 11 is 0. The average molecular weight is 1900 g/mol. The van der Waals surface area contributed by atoms with Crippen LogP contribution in [0.2, 0.25) is 0 Å². The van der Waals surface area contributed by atoms with Crippen LogP contribution in [0.4, 0.5) is 0 Å². The molecule has 0 N–H and O–H groups in total. The van der Waals surface area contributed by atoms with Crippen LogP contribution in [0.1, 0.15) is 0 Å². The Bertz CT molecular complexity index is 9790. The molecule has 21 aromatic carbocycles. The van der Waals surface area contributed by atoms with E-state index in [1.807, 2.05) is 206 Å². The summed E-state index contributed by atoms with van der Waals surface area (Å²) in [6.07, 6.45) is 0. The molecule has 0 spiro atoms. The smallest absolute Gasteiger partial charge is 0.167 e. The van der Waals surface area contributed by atoms with Crippen LogP contribution in [0.5, 0.6) is 0 Å². The number of furan rings is 4. The van der Waals surface area contributed by atoms with Crippen molar-refractivity contribution in [1.29, 1.82) is 0 Å². The summed E-state index contributed by atoms with van der Waals surface area (Å²) in [6.45, 7) is 0. The molecule has 694 valence electrons. The van der Waals surface area contributed by atoms with Gasteiger partial charge < -0.3 is 17.7 Å². The summed E-state index contributed by atoms with van der Waals surface area (Å²) in [4.78, 5) is 45.9. The third-order valence-electron chi connectivity index (χ3n) is 27.2. The van der Waals surface area contributed by atoms with Crippen LogP contribution < -0.4 is 0 Å². The predicted molar refractivity (Wildman–Crippen MR) is 601 cm³/mol. The van der Waals surface area contributed by atoms with Gasteiger partial charge in [0.05, 0.1) is 5.56 Å². The van der Waals surface area contributed by atoms with E-state index in [4.69, 9.17) is 62.5 Å². The van der Waals surface area contributed by atoms with Gasteiger partial charge in [0.1, 0.15) is 44.7 Å². The number of nitrogens with zero attached hydrogens (tertiary/aromatic N) is 9. The molecule has 148 heavy (non-hydrogen) atoms. The van der Waals surface area contributed by atoms with Gasteiger partial charge in [-0.2, -0.15) is 0 Å². The molecule has 0 saturated carbocycles. The van der Waals surface area contributed by atoms with Gasteiger partial charge in [-0.3, -0.25) is 0 Å². The molecule has 0 saturated heterocycles. The van der Waals surface area contributed by atoms with Gasteiger partial charge in [-0.05, 0) is 145 Å². The molecule has 13 heteroatoms. The topological polar surface area (TPSA) is 169 Å². The molecular weight excluding hydrogens is 1810 g/mol. The monoisotopic (exact) mass is 1900 g/mol. The Morgan fingerprint density at radius 2 is 0.318 bits per heavy atom. The average Bonchev–Trinajstić information content (AvgIpc) is 1.59. The van der Waals surface area contributed by atoms with Gasteiger partial charge in [0, 0.05) is 104 Å². The molecule has 0 bridgehead atoms. The normalized spacial score (nSPS) is 11.4. The zero-order chi connectivity index (χ0) is 98.2. The summed E-state index contributed by atoms with van der Waals surface area (Å²) in [5.41, 5.74) is 32.1. The third kappa shape index (κ3) is 17.1. The molecule has 7 heterocycles. The predicted octanol–water partition coefficient (Wildman–Crippen LogP) is 35.6. The van der Waals surface area contributed by atoms with Crippen LogP contribution in [-0.4, -0.2) is 44.9 Å². The van der Waals surface area contributed by atoms with Crippen molar-refractivity contribution in [2.45, 2.75) is 0 Å². The van der Waals surface area contributed by atoms with Crippen molar-refractivity contribution in [2.24, 2.45) is 0 Å². The van der Waals surface area contributed by atoms with Crippen molar-refractivity contribution < 1.29 is 17.7 Å². The molecule has 13 nitrogen and oxygen atoms in total. The van der Waals surface area contributed by atoms with Crippen molar-refractivity contribution in [3.8, 4) is 192 Å². The molecule has 0 unspecified atom stereocenters. The maximum absolute atomic E-state index is 6.73. The summed E-state index contributed by atoms with van der Waals surface area (Å²) in [5, 5.41) is 8.01. The molecule has 0 radical (unpaired) electrons. The van der Waals surface area contributed by atoms with Crippen molar-refractivity contribution in [3.05, 3.63) is 516 Å². The van der Waals surface area contributed by atoms with E-state index in [-0.39, 0.29) is 0 Å². The summed E-state index contributed by atoms with van der Waals surface area (Å²) in [5.74, 6) is 5.32. The third-order valence-corrected chi connectivity index (χ3v) is 27.2. The Balaban J connectivity index is 0.000000112. The lowest BCUT2D eigenvalue weighted by atomic mass is 9.95. The lowest BCUT2D eigenvalue weighted by Crippen LogP contribution is -2.00. The number of fused-ring (bicyclic) bond motifs is 12. The fourth-order valence-corrected chi connectivity index (χ4v) is 20.1. The highest BCUT2D eigenvalue weighted by atomic mass is 16.3. The largest absolute Gasteiger partial charge is 0.455 e. The van der Waals surface area contributed by atoms with Crippen LogP contribution in [0.25, 0.3) is 279 Å². The van der Waals surface area contributed by atoms with Crippen LogP contribution >= 0.6 is 0 Å². The Labute approximate surface area is 851 Å². The molecule has 0 amide bonds. The van der Waals surface area contributed by atoms with Crippen molar-refractivity contribution in [3.63, 3.8) is 0 Å². The van der Waals surface area contributed by atoms with Gasteiger partial charge in [-0.25, -0.2) is 44.9 Å². The first-order chi connectivity index (χ1) is 73.3. The molecule has 0 aliphatic heterocycles. The zero-order valence-electron chi connectivity index (χ0n) is 79.7. The summed E-state index contributed by atoms with van der Waals surface area (Å²) in [6, 6.07) is 176. The molecule has 28 aromatic rings. The highest BCUT2D eigenvalue weighted by molar-refractivity contribution is 6.20. The molecular formula is C135H85N9O4. The minimum absolute atomic E-state index is 0.540. The fraction of sp³-hybridized carbons (Fsp3) is 0. The van der Waals surface area contributed by atoms with Gasteiger partial charge in [-0.1, -0.05) is 443 Å². The van der Waals surface area contributed by atoms with E-state index in [0.29, 0.717) is 52.4 Å². The first kappa shape index (κ1) is 88.1. The highest BCUT2D eigenvalue weighted by Crippen LogP contribution is 2.49. The van der Waals surface area contributed by atoms with Gasteiger partial charge in [0.25, 0.3) is 0 Å². The van der Waals surface area contributed by atoms with Crippen molar-refractivity contribution in [1.82, 2.24) is 44.9 Å². The Hall–Kier alpha value is -20.2. The minimum Gasteiger partial charge on any atom is -0.455 e. The Kier molecular flexibility index (Phi) is 23.0. The SMILES string of the molecule is c1ccc(-c2cc(-c3ccccc3)c3oc4cccc(-c5nc(-c6ccccc6)nc(-c6cccc7c6oc6ccccc67)n5)c4c3c2)cc1.c1ccc(-c2ccc(-c3nc(-c4ccccc4)nc(-c4cccc5oc6c(-c7ccccc7)cc(-c7ccccc7)cc6c45)n3)cc2)cc1.c1ccc(-c2cccc(-c3nc(-c4ccccc4)nc(-c4cccc5oc6c(-c7ccccc7)cc(-c7ccccc7)cc6c45)n3)c2)cc1. The highest BCUT2D eigenvalue weighted by Gasteiger charge is 2.28. The zero-order valence-corrected chi connectivity index (χ0v) is 79.7. The van der Waals surface area contributed by atoms with E-state index in [1.165, 1.54) is 5.56 Å². The Morgan fingerprint density at radius 3 is 0.676 bits per heavy atom. The first-order valence-electron chi connectivity index (χ1n) is 49.3. The number of para-hydroxylation sites is 2. The molecule has 0 fully saturated rings. The van der Waals surface area contributed by atoms with Gasteiger partial charge in [-0.15, -0.1) is 0 Å². The number of aromatic nitrogens is 9. The number of hydrogen-bond donors (Lipinski definition) is 0. The Morgan fingerprint density at radius 1 is 0.108 bits per heavy atom. The lowest BCUT2D eigenvalue weighted by molar-refractivity contribution is 0.669. The van der Waals surface area contributed by atoms with Gasteiger partial charge in [0.2, 0.25) is 0 Å². The summed E-state index contributed by atoms with van der Waals surface area (Å²) < 4.78 is 26.6. The number of benzene rings is 21. The maximum atomic E-state index is 6.73. The quantitative estimate of drug-likeness (QED) is 0.0845. The number of hydrogen-bond acceptors (Lipinski definition) is 13. The van der Waals surface area contributed by atoms with Gasteiger partial charge >= 0.3 is 0 Å². The molecule has 0 aliphatic carbocycles. The molecule has 7 aromatic heterocycles. The van der Waals surface area contributed by atoms with Crippen LogP contribution in [0.3, 0.4) is 0 Å². The maximum Gasteiger partial charge on any atom is 0.167 e. The second-order valence-corrected chi connectivity index (χ2v) is 36.4. The van der Waals surface area contributed by atoms with E-state index in [2.05, 4.69) is 309 Å². The van der Waals surface area contributed by atoms with Crippen LogP contribution in [0, 0.1) is 0 Å². The molecule has 0 aliphatic rings. The van der Waals surface area contributed by atoms with Crippen LogP contribution in [-0.2, 0) is 0 Å². The fourth-order valence-electron chi connectivity index (χ4n) is 20.1. The second kappa shape index (κ2) is 38.7. The lowest BCUT2D eigenvalue weighted by Gasteiger charge is -2.11. The number of rotatable bonds is 17. The van der Waals surface area contributed by atoms with Crippen molar-refractivity contribution >= 4 is 87.8 Å². The van der Waals surface area contributed by atoms with Gasteiger partial charge in [0.15, 0.2) is 52.4 Å². The van der Waals surface area contributed by atoms with E-state index in [9.17, 15) is 0 Å². The van der Waals surface area contributed by atoms with E-state index in [0.717, 1.165) is 221 Å². The van der Waals surface area contributed by atoms with Crippen molar-refractivity contribution in [2.75, 3.05) is 0 Å². The van der Waals surface area contributed by atoms with Crippen LogP contribution in [0.15, 0.2) is 533 Å². The standard InChI is InChI=1S/C45H27N3O2.2C45H29N3O/c1-4-14-28(15-5-1)31-26-36(29-16-6-2-7-17-29)42-37(27-31)40-34(22-13-25-39(40)50-42)44-46-43(30-18-8-3-9-19-30)47-45(48-44)35-23-12-21-33-32-20-10-11-24-38(32)49-41(33)35;1-5-15-30(16-6-1)34-23-13-24-35(27-34)44-46-43(33-21-11-4-12-22-33)47-45(48-44)37-25-14-26-40-41(37)39-29-36(31-17-7-2-8-18-31)28-38(42(39)49-40)32-19-9-3-10-20-32;1-5-14-30(15-6-1)32-24-26-35(27-25-32)44-46-43(34-20-11-4-12-21-34)47-45(48-44)37-22-13-23-40-41(37)39-29-36(31-16-7-2-8-17-31)28-38(42(39)49-40)33-18-9-3-10-19-33/h1-27H;2*1-29H.